The van der Waals surface area contributed by atoms with Crippen LogP contribution < -0.4 is 15.4 Å². The number of hydrogen-bond acceptors (Lipinski definition) is 3. The van der Waals surface area contributed by atoms with Crippen LogP contribution in [0.2, 0.25) is 0 Å². The Labute approximate surface area is 111 Å². The van der Waals surface area contributed by atoms with E-state index in [-0.39, 0.29) is 0 Å². The van der Waals surface area contributed by atoms with Gasteiger partial charge >= 0.3 is 0 Å². The van der Waals surface area contributed by atoms with Crippen LogP contribution in [0, 0.1) is 5.92 Å². The molecule has 102 valence electrons. The number of hydrogen-bond donors (Lipinski definition) is 1. The van der Waals surface area contributed by atoms with Gasteiger partial charge in [0.05, 0.1) is 18.0 Å². The average Bonchev–Trinajstić information content (AvgIpc) is 2.35. The first kappa shape index (κ1) is 14.7. The highest BCUT2D eigenvalue weighted by molar-refractivity contribution is 5.74. The molecule has 0 atom stereocenters. The highest BCUT2D eigenvalue weighted by atomic mass is 16.5. The second kappa shape index (κ2) is 7.14. The van der Waals surface area contributed by atoms with Crippen molar-refractivity contribution in [3.8, 4) is 5.75 Å². The molecule has 1 rings (SSSR count). The number of anilines is 2. The first-order valence-corrected chi connectivity index (χ1v) is 6.86. The van der Waals surface area contributed by atoms with E-state index in [2.05, 4.69) is 38.7 Å². The molecule has 0 fully saturated rings. The largest absolute Gasteiger partial charge is 0.491 e. The smallest absolute Gasteiger partial charge is 0.144 e. The summed E-state index contributed by atoms with van der Waals surface area (Å²) in [5.41, 5.74) is 8.05. The van der Waals surface area contributed by atoms with Gasteiger partial charge in [-0.25, -0.2) is 0 Å². The molecule has 1 aromatic carbocycles. The maximum Gasteiger partial charge on any atom is 0.144 e. The monoisotopic (exact) mass is 250 g/mol. The van der Waals surface area contributed by atoms with Crippen molar-refractivity contribution in [3.63, 3.8) is 0 Å². The SMILES string of the molecule is CCCOc1cccc(N(CC)CC(C)C)c1N. The minimum Gasteiger partial charge on any atom is -0.491 e. The zero-order chi connectivity index (χ0) is 13.5. The van der Waals surface area contributed by atoms with Gasteiger partial charge in [-0.3, -0.25) is 0 Å². The standard InChI is InChI=1S/C15H26N2O/c1-5-10-18-14-9-7-8-13(15(14)16)17(6-2)11-12(3)4/h7-9,12H,5-6,10-11,16H2,1-4H3. The molecule has 0 heterocycles. The molecular formula is C15H26N2O. The van der Waals surface area contributed by atoms with E-state index >= 15 is 0 Å². The molecule has 0 aromatic heterocycles. The van der Waals surface area contributed by atoms with E-state index in [0.717, 1.165) is 36.6 Å². The molecule has 0 bridgehead atoms. The normalized spacial score (nSPS) is 10.7. The second-order valence-electron chi connectivity index (χ2n) is 4.97. The molecule has 0 saturated carbocycles. The van der Waals surface area contributed by atoms with Crippen molar-refractivity contribution in [1.82, 2.24) is 0 Å². The van der Waals surface area contributed by atoms with Crippen molar-refractivity contribution in [3.05, 3.63) is 18.2 Å². The Kier molecular flexibility index (Phi) is 5.83. The van der Waals surface area contributed by atoms with E-state index in [9.17, 15) is 0 Å². The summed E-state index contributed by atoms with van der Waals surface area (Å²) < 4.78 is 5.67. The van der Waals surface area contributed by atoms with Crippen LogP contribution in [0.4, 0.5) is 11.4 Å². The highest BCUT2D eigenvalue weighted by Crippen LogP contribution is 2.32. The maximum absolute atomic E-state index is 6.21. The van der Waals surface area contributed by atoms with Crippen molar-refractivity contribution in [2.45, 2.75) is 34.1 Å². The molecule has 3 heteroatoms. The van der Waals surface area contributed by atoms with Gasteiger partial charge in [0.1, 0.15) is 5.75 Å². The number of nitrogens with two attached hydrogens (primary N) is 1. The van der Waals surface area contributed by atoms with Gasteiger partial charge in [0.15, 0.2) is 0 Å². The lowest BCUT2D eigenvalue weighted by atomic mass is 10.1. The van der Waals surface area contributed by atoms with Crippen LogP contribution in [0.3, 0.4) is 0 Å². The van der Waals surface area contributed by atoms with Gasteiger partial charge in [0, 0.05) is 13.1 Å². The van der Waals surface area contributed by atoms with E-state index in [1.54, 1.807) is 0 Å². The molecule has 18 heavy (non-hydrogen) atoms. The van der Waals surface area contributed by atoms with Gasteiger partial charge < -0.3 is 15.4 Å². The molecule has 0 spiro atoms. The predicted molar refractivity (Wildman–Crippen MR) is 79.4 cm³/mol. The lowest BCUT2D eigenvalue weighted by molar-refractivity contribution is 0.319. The summed E-state index contributed by atoms with van der Waals surface area (Å²) in [4.78, 5) is 2.30. The topological polar surface area (TPSA) is 38.5 Å². The zero-order valence-electron chi connectivity index (χ0n) is 12.1. The fraction of sp³-hybridized carbons (Fsp3) is 0.600. The Hall–Kier alpha value is -1.38. The Balaban J connectivity index is 2.93. The van der Waals surface area contributed by atoms with Crippen molar-refractivity contribution >= 4 is 11.4 Å². The molecule has 0 aliphatic rings. The molecule has 0 aliphatic heterocycles. The lowest BCUT2D eigenvalue weighted by Gasteiger charge is -2.27. The highest BCUT2D eigenvalue weighted by Gasteiger charge is 2.12. The molecular weight excluding hydrogens is 224 g/mol. The summed E-state index contributed by atoms with van der Waals surface area (Å²) in [5, 5.41) is 0. The molecule has 1 aromatic rings. The number of para-hydroxylation sites is 1. The first-order chi connectivity index (χ1) is 8.60. The summed E-state index contributed by atoms with van der Waals surface area (Å²) >= 11 is 0. The summed E-state index contributed by atoms with van der Waals surface area (Å²) in [6, 6.07) is 6.03. The maximum atomic E-state index is 6.21. The third kappa shape index (κ3) is 3.83. The zero-order valence-corrected chi connectivity index (χ0v) is 12.1. The van der Waals surface area contributed by atoms with Gasteiger partial charge in [-0.2, -0.15) is 0 Å². The van der Waals surface area contributed by atoms with Crippen molar-refractivity contribution in [2.75, 3.05) is 30.3 Å². The van der Waals surface area contributed by atoms with Crippen molar-refractivity contribution in [1.29, 1.82) is 0 Å². The van der Waals surface area contributed by atoms with E-state index in [0.29, 0.717) is 12.5 Å². The molecule has 3 nitrogen and oxygen atoms in total. The van der Waals surface area contributed by atoms with Crippen LogP contribution in [0.5, 0.6) is 5.75 Å². The number of rotatable bonds is 7. The van der Waals surface area contributed by atoms with Gasteiger partial charge in [-0.05, 0) is 31.4 Å². The van der Waals surface area contributed by atoms with Crippen molar-refractivity contribution < 1.29 is 4.74 Å². The minimum atomic E-state index is 0.615. The van der Waals surface area contributed by atoms with E-state index in [1.807, 2.05) is 12.1 Å². The summed E-state index contributed by atoms with van der Waals surface area (Å²) in [6.45, 7) is 11.4. The van der Waals surface area contributed by atoms with Crippen LogP contribution in [-0.4, -0.2) is 19.7 Å². The summed E-state index contributed by atoms with van der Waals surface area (Å²) in [6.07, 6.45) is 0.993. The second-order valence-corrected chi connectivity index (χ2v) is 4.97. The molecule has 0 saturated heterocycles. The molecule has 0 unspecified atom stereocenters. The van der Waals surface area contributed by atoms with Gasteiger partial charge in [0.2, 0.25) is 0 Å². The molecule has 0 radical (unpaired) electrons. The van der Waals surface area contributed by atoms with E-state index in [4.69, 9.17) is 10.5 Å². The van der Waals surface area contributed by atoms with Crippen LogP contribution in [0.25, 0.3) is 0 Å². The van der Waals surface area contributed by atoms with Crippen LogP contribution in [0.1, 0.15) is 34.1 Å². The Morgan fingerprint density at radius 2 is 2.00 bits per heavy atom. The molecule has 2 N–H and O–H groups in total. The Bertz CT molecular complexity index is 364. The van der Waals surface area contributed by atoms with Gasteiger partial charge in [-0.15, -0.1) is 0 Å². The minimum absolute atomic E-state index is 0.615. The number of benzene rings is 1. The fourth-order valence-electron chi connectivity index (χ4n) is 1.98. The number of nitrogen functional groups attached to an aromatic ring is 1. The first-order valence-electron chi connectivity index (χ1n) is 6.86. The quantitative estimate of drug-likeness (QED) is 0.752. The van der Waals surface area contributed by atoms with E-state index in [1.165, 1.54) is 0 Å². The van der Waals surface area contributed by atoms with Crippen LogP contribution in [0.15, 0.2) is 18.2 Å². The average molecular weight is 250 g/mol. The molecule has 0 amide bonds. The fourth-order valence-corrected chi connectivity index (χ4v) is 1.98. The lowest BCUT2D eigenvalue weighted by Crippen LogP contribution is -2.28. The van der Waals surface area contributed by atoms with Crippen LogP contribution in [-0.2, 0) is 0 Å². The summed E-state index contributed by atoms with van der Waals surface area (Å²) in [7, 11) is 0. The van der Waals surface area contributed by atoms with Gasteiger partial charge in [-0.1, -0.05) is 26.8 Å². The number of ether oxygens (including phenoxy) is 1. The third-order valence-corrected chi connectivity index (χ3v) is 2.81. The Morgan fingerprint density at radius 3 is 2.56 bits per heavy atom. The molecule has 0 aliphatic carbocycles. The number of nitrogens with zero attached hydrogens (tertiary/aromatic N) is 1. The van der Waals surface area contributed by atoms with E-state index < -0.39 is 0 Å². The third-order valence-electron chi connectivity index (χ3n) is 2.81. The predicted octanol–water partition coefficient (Wildman–Crippen LogP) is 3.54. The summed E-state index contributed by atoms with van der Waals surface area (Å²) in [5.74, 6) is 1.42. The van der Waals surface area contributed by atoms with Crippen LogP contribution >= 0.6 is 0 Å². The van der Waals surface area contributed by atoms with Gasteiger partial charge in [0.25, 0.3) is 0 Å². The van der Waals surface area contributed by atoms with Crippen molar-refractivity contribution in [2.24, 2.45) is 5.92 Å². The Morgan fingerprint density at radius 1 is 1.28 bits per heavy atom.